The second-order valence-electron chi connectivity index (χ2n) is 10.0. The zero-order valence-electron chi connectivity index (χ0n) is 20.7. The van der Waals surface area contributed by atoms with Crippen LogP contribution in [0.4, 0.5) is 24.5 Å². The van der Waals surface area contributed by atoms with Gasteiger partial charge in [-0.15, -0.1) is 0 Å². The molecule has 0 aromatic heterocycles. The third kappa shape index (κ3) is 5.21. The molecule has 3 aromatic rings. The summed E-state index contributed by atoms with van der Waals surface area (Å²) in [6.07, 6.45) is 1.08. The Morgan fingerprint density at radius 3 is 2.35 bits per heavy atom. The maximum absolute atomic E-state index is 15.8. The number of nitrogens with zero attached hydrogens (tertiary/aromatic N) is 2. The highest BCUT2D eigenvalue weighted by atomic mass is 19.1. The summed E-state index contributed by atoms with van der Waals surface area (Å²) < 4.78 is 44.0. The first-order valence-corrected chi connectivity index (χ1v) is 12.7. The molecule has 0 bridgehead atoms. The SMILES string of the molecule is C[C@@H]1Cc2cc(B(O)O)ccc2[C@H](c2c(F)cc(NC3CN(CCCF)C3)cc2F)N1c1ccccc1. The highest BCUT2D eigenvalue weighted by molar-refractivity contribution is 6.58. The van der Waals surface area contributed by atoms with Crippen LogP contribution in [0.15, 0.2) is 60.7 Å². The fourth-order valence-corrected chi connectivity index (χ4v) is 5.64. The van der Waals surface area contributed by atoms with Gasteiger partial charge in [0.15, 0.2) is 0 Å². The van der Waals surface area contributed by atoms with E-state index in [4.69, 9.17) is 0 Å². The van der Waals surface area contributed by atoms with Gasteiger partial charge in [-0.05, 0) is 60.6 Å². The Balaban J connectivity index is 1.50. The van der Waals surface area contributed by atoms with E-state index in [2.05, 4.69) is 10.2 Å². The normalized spacial score (nSPS) is 19.9. The molecule has 5 nitrogen and oxygen atoms in total. The zero-order chi connectivity index (χ0) is 26.1. The van der Waals surface area contributed by atoms with E-state index in [9.17, 15) is 14.4 Å². The quantitative estimate of drug-likeness (QED) is 0.405. The van der Waals surface area contributed by atoms with Crippen LogP contribution < -0.4 is 15.7 Å². The van der Waals surface area contributed by atoms with Crippen LogP contribution in [0.1, 0.15) is 36.1 Å². The molecule has 9 heteroatoms. The van der Waals surface area contributed by atoms with Crippen LogP contribution in [0.3, 0.4) is 0 Å². The maximum Gasteiger partial charge on any atom is 0.488 e. The number of fused-ring (bicyclic) bond motifs is 1. The summed E-state index contributed by atoms with van der Waals surface area (Å²) in [5.74, 6) is -1.29. The minimum Gasteiger partial charge on any atom is -0.423 e. The van der Waals surface area contributed by atoms with E-state index in [1.54, 1.807) is 18.2 Å². The Hall–Kier alpha value is -3.01. The number of benzene rings is 3. The second kappa shape index (κ2) is 10.8. The molecule has 3 N–H and O–H groups in total. The lowest BCUT2D eigenvalue weighted by molar-refractivity contribution is 0.155. The first-order chi connectivity index (χ1) is 17.9. The number of rotatable bonds is 8. The molecule has 2 atom stereocenters. The molecule has 194 valence electrons. The molecule has 0 unspecified atom stereocenters. The number of hydrogen-bond donors (Lipinski definition) is 3. The maximum atomic E-state index is 15.8. The third-order valence-electron chi connectivity index (χ3n) is 7.37. The number of likely N-dealkylation sites (tertiary alicyclic amines) is 1. The summed E-state index contributed by atoms with van der Waals surface area (Å²) in [6, 6.07) is 16.5. The van der Waals surface area contributed by atoms with Gasteiger partial charge in [-0.2, -0.15) is 0 Å². The second-order valence-corrected chi connectivity index (χ2v) is 10.0. The molecule has 3 aromatic carbocycles. The van der Waals surface area contributed by atoms with E-state index < -0.39 is 24.8 Å². The Morgan fingerprint density at radius 1 is 1.00 bits per heavy atom. The highest BCUT2D eigenvalue weighted by Gasteiger charge is 2.37. The monoisotopic (exact) mass is 509 g/mol. The van der Waals surface area contributed by atoms with Crippen LogP contribution in [-0.4, -0.2) is 60.5 Å². The molecule has 0 spiro atoms. The van der Waals surface area contributed by atoms with E-state index >= 15 is 8.78 Å². The predicted molar refractivity (Wildman–Crippen MR) is 141 cm³/mol. The summed E-state index contributed by atoms with van der Waals surface area (Å²) in [7, 11) is -1.62. The largest absolute Gasteiger partial charge is 0.488 e. The smallest absolute Gasteiger partial charge is 0.423 e. The van der Waals surface area contributed by atoms with Crippen LogP contribution in [-0.2, 0) is 6.42 Å². The van der Waals surface area contributed by atoms with Crippen LogP contribution >= 0.6 is 0 Å². The first kappa shape index (κ1) is 25.6. The standard InChI is InChI=1S/C28H31BF3N3O2/c1-18-12-19-13-20(29(36)37)8-9-24(19)28(35(18)23-6-3-2-4-7-23)27-25(31)14-21(15-26(27)32)33-22-16-34(17-22)11-5-10-30/h2-4,6-9,13-15,18,22,28,33,36-37H,5,10-12,16-17H2,1H3/t18-,28-/m1/s1. The Labute approximate surface area is 215 Å². The lowest BCUT2D eigenvalue weighted by Gasteiger charge is -2.44. The van der Waals surface area contributed by atoms with Crippen LogP contribution in [0.25, 0.3) is 0 Å². The molecule has 0 amide bonds. The topological polar surface area (TPSA) is 59.0 Å². The number of hydrogen-bond acceptors (Lipinski definition) is 5. The molecular formula is C28H31BF3N3O2. The van der Waals surface area contributed by atoms with Gasteiger partial charge in [-0.25, -0.2) is 8.78 Å². The summed E-state index contributed by atoms with van der Waals surface area (Å²) in [5.41, 5.74) is 3.09. The van der Waals surface area contributed by atoms with Gasteiger partial charge in [0.2, 0.25) is 0 Å². The molecule has 0 aliphatic carbocycles. The van der Waals surface area contributed by atoms with Gasteiger partial charge in [0, 0.05) is 37.1 Å². The number of alkyl halides is 1. The zero-order valence-corrected chi connectivity index (χ0v) is 20.7. The van der Waals surface area contributed by atoms with Gasteiger partial charge >= 0.3 is 7.12 Å². The molecule has 1 saturated heterocycles. The van der Waals surface area contributed by atoms with Crippen molar-refractivity contribution in [2.24, 2.45) is 0 Å². The van der Waals surface area contributed by atoms with Crippen molar-refractivity contribution >= 4 is 24.0 Å². The average molecular weight is 509 g/mol. The van der Waals surface area contributed by atoms with Gasteiger partial charge in [0.05, 0.1) is 24.3 Å². The first-order valence-electron chi connectivity index (χ1n) is 12.7. The Morgan fingerprint density at radius 2 is 1.70 bits per heavy atom. The predicted octanol–water partition coefficient (Wildman–Crippen LogP) is 3.64. The molecule has 2 heterocycles. The molecule has 1 fully saturated rings. The van der Waals surface area contributed by atoms with Gasteiger partial charge in [-0.3, -0.25) is 9.29 Å². The molecule has 0 saturated carbocycles. The number of nitrogens with one attached hydrogen (secondary N) is 1. The van der Waals surface area contributed by atoms with E-state index in [-0.39, 0.29) is 24.3 Å². The fraction of sp³-hybridized carbons (Fsp3) is 0.357. The van der Waals surface area contributed by atoms with Crippen molar-refractivity contribution in [2.45, 2.75) is 37.9 Å². The summed E-state index contributed by atoms with van der Waals surface area (Å²) in [5, 5.41) is 22.6. The molecule has 37 heavy (non-hydrogen) atoms. The average Bonchev–Trinajstić information content (AvgIpc) is 2.85. The molecule has 2 aliphatic heterocycles. The van der Waals surface area contributed by atoms with E-state index in [0.717, 1.165) is 16.8 Å². The number of para-hydroxylation sites is 1. The van der Waals surface area contributed by atoms with E-state index in [1.807, 2.05) is 42.2 Å². The number of halogens is 3. The van der Waals surface area contributed by atoms with Gasteiger partial charge < -0.3 is 20.3 Å². The minimum atomic E-state index is -1.62. The Kier molecular flexibility index (Phi) is 7.46. The van der Waals surface area contributed by atoms with Crippen molar-refractivity contribution in [1.29, 1.82) is 0 Å². The van der Waals surface area contributed by atoms with Gasteiger partial charge in [0.1, 0.15) is 11.6 Å². The summed E-state index contributed by atoms with van der Waals surface area (Å²) in [4.78, 5) is 4.13. The molecule has 0 radical (unpaired) electrons. The Bertz CT molecular complexity index is 1220. The van der Waals surface area contributed by atoms with Crippen molar-refractivity contribution in [1.82, 2.24) is 4.90 Å². The number of anilines is 2. The van der Waals surface area contributed by atoms with Crippen molar-refractivity contribution in [2.75, 3.05) is 36.5 Å². The van der Waals surface area contributed by atoms with Crippen molar-refractivity contribution in [3.05, 3.63) is 89.0 Å². The highest BCUT2D eigenvalue weighted by Crippen LogP contribution is 2.43. The minimum absolute atomic E-state index is 0.0438. The molecule has 5 rings (SSSR count). The van der Waals surface area contributed by atoms with E-state index in [0.29, 0.717) is 43.6 Å². The van der Waals surface area contributed by atoms with Crippen LogP contribution in [0, 0.1) is 11.6 Å². The van der Waals surface area contributed by atoms with Crippen molar-refractivity contribution in [3.8, 4) is 0 Å². The lowest BCUT2D eigenvalue weighted by Crippen LogP contribution is -2.54. The van der Waals surface area contributed by atoms with Crippen molar-refractivity contribution < 1.29 is 23.2 Å². The van der Waals surface area contributed by atoms with Crippen LogP contribution in [0.2, 0.25) is 0 Å². The summed E-state index contributed by atoms with van der Waals surface area (Å²) in [6.45, 7) is 3.75. The van der Waals surface area contributed by atoms with E-state index in [1.165, 1.54) is 12.1 Å². The van der Waals surface area contributed by atoms with Gasteiger partial charge in [0.25, 0.3) is 0 Å². The molecular weight excluding hydrogens is 478 g/mol. The van der Waals surface area contributed by atoms with Crippen molar-refractivity contribution in [3.63, 3.8) is 0 Å². The third-order valence-corrected chi connectivity index (χ3v) is 7.37. The summed E-state index contributed by atoms with van der Waals surface area (Å²) >= 11 is 0. The van der Waals surface area contributed by atoms with Crippen LogP contribution in [0.5, 0.6) is 0 Å². The van der Waals surface area contributed by atoms with Gasteiger partial charge in [-0.1, -0.05) is 36.4 Å². The lowest BCUT2D eigenvalue weighted by atomic mass is 9.75. The molecule has 2 aliphatic rings. The fourth-order valence-electron chi connectivity index (χ4n) is 5.64.